The highest BCUT2D eigenvalue weighted by Crippen LogP contribution is 2.15. The van der Waals surface area contributed by atoms with Crippen molar-refractivity contribution in [2.75, 3.05) is 7.11 Å². The van der Waals surface area contributed by atoms with Gasteiger partial charge in [-0.05, 0) is 43.7 Å². The summed E-state index contributed by atoms with van der Waals surface area (Å²) in [5.74, 6) is 0.381. The Morgan fingerprint density at radius 1 is 1.29 bits per heavy atom. The molecule has 0 bridgehead atoms. The van der Waals surface area contributed by atoms with Gasteiger partial charge in [0.15, 0.2) is 0 Å². The Morgan fingerprint density at radius 2 is 2.08 bits per heavy atom. The lowest BCUT2D eigenvalue weighted by atomic mass is 10.2. The summed E-state index contributed by atoms with van der Waals surface area (Å²) in [5, 5.41) is 4.03. The number of imidazole rings is 1. The van der Waals surface area contributed by atoms with Crippen molar-refractivity contribution in [2.24, 2.45) is 5.10 Å². The molecular formula is C18H18N4O2. The standard InChI is InChI=1S/C18H18N4O2/c1-12-8-9-22-16(10-12)20-13(2)17(22)18(23)21-19-11-14-6-4-5-7-15(14)24-3/h4-11H,1-3H3,(H,21,23). The first kappa shape index (κ1) is 15.7. The Hall–Kier alpha value is -3.15. The van der Waals surface area contributed by atoms with Crippen molar-refractivity contribution in [1.29, 1.82) is 0 Å². The van der Waals surface area contributed by atoms with Crippen LogP contribution in [0.1, 0.15) is 27.3 Å². The van der Waals surface area contributed by atoms with Gasteiger partial charge in [0.2, 0.25) is 0 Å². The molecule has 0 unspecified atom stereocenters. The van der Waals surface area contributed by atoms with Crippen LogP contribution >= 0.6 is 0 Å². The van der Waals surface area contributed by atoms with Gasteiger partial charge < -0.3 is 4.74 Å². The van der Waals surface area contributed by atoms with Crippen LogP contribution in [-0.4, -0.2) is 28.6 Å². The number of carbonyl (C=O) groups excluding carboxylic acids is 1. The number of hydrogen-bond acceptors (Lipinski definition) is 4. The van der Waals surface area contributed by atoms with Gasteiger partial charge in [0.25, 0.3) is 5.91 Å². The molecule has 3 aromatic rings. The number of rotatable bonds is 4. The first-order valence-corrected chi connectivity index (χ1v) is 7.52. The van der Waals surface area contributed by atoms with Gasteiger partial charge >= 0.3 is 0 Å². The van der Waals surface area contributed by atoms with E-state index in [2.05, 4.69) is 15.5 Å². The smallest absolute Gasteiger partial charge is 0.290 e. The van der Waals surface area contributed by atoms with Crippen LogP contribution in [-0.2, 0) is 0 Å². The zero-order valence-electron chi connectivity index (χ0n) is 13.8. The van der Waals surface area contributed by atoms with Gasteiger partial charge in [0, 0.05) is 11.8 Å². The molecule has 24 heavy (non-hydrogen) atoms. The lowest BCUT2D eigenvalue weighted by Gasteiger charge is -2.04. The number of para-hydroxylation sites is 1. The largest absolute Gasteiger partial charge is 0.496 e. The third-order valence-electron chi connectivity index (χ3n) is 3.68. The zero-order valence-corrected chi connectivity index (χ0v) is 13.8. The molecule has 6 nitrogen and oxygen atoms in total. The SMILES string of the molecule is COc1ccccc1C=NNC(=O)c1c(C)nc2cc(C)ccn12. The minimum atomic E-state index is -0.310. The van der Waals surface area contributed by atoms with Crippen LogP contribution in [0, 0.1) is 13.8 Å². The predicted molar refractivity (Wildman–Crippen MR) is 92.7 cm³/mol. The van der Waals surface area contributed by atoms with Gasteiger partial charge in [0.1, 0.15) is 17.1 Å². The van der Waals surface area contributed by atoms with Crippen molar-refractivity contribution in [1.82, 2.24) is 14.8 Å². The van der Waals surface area contributed by atoms with E-state index in [0.717, 1.165) is 16.8 Å². The van der Waals surface area contributed by atoms with E-state index in [4.69, 9.17) is 4.74 Å². The Balaban J connectivity index is 1.83. The molecule has 0 spiro atoms. The van der Waals surface area contributed by atoms with E-state index in [0.29, 0.717) is 17.1 Å². The molecule has 6 heteroatoms. The summed E-state index contributed by atoms with van der Waals surface area (Å²) in [7, 11) is 1.59. The fourth-order valence-corrected chi connectivity index (χ4v) is 2.52. The molecule has 1 aromatic carbocycles. The van der Waals surface area contributed by atoms with Crippen LogP contribution in [0.2, 0.25) is 0 Å². The Bertz CT molecular complexity index is 928. The molecule has 1 amide bonds. The van der Waals surface area contributed by atoms with Crippen molar-refractivity contribution in [3.8, 4) is 5.75 Å². The number of carbonyl (C=O) groups is 1. The Morgan fingerprint density at radius 3 is 2.88 bits per heavy atom. The second kappa shape index (κ2) is 6.54. The highest BCUT2D eigenvalue weighted by atomic mass is 16.5. The summed E-state index contributed by atoms with van der Waals surface area (Å²) in [5.41, 5.74) is 6.30. The van der Waals surface area contributed by atoms with Crippen LogP contribution in [0.5, 0.6) is 5.75 Å². The van der Waals surface area contributed by atoms with E-state index in [9.17, 15) is 4.79 Å². The highest BCUT2D eigenvalue weighted by molar-refractivity contribution is 5.95. The van der Waals surface area contributed by atoms with Gasteiger partial charge in [-0.3, -0.25) is 9.20 Å². The summed E-state index contributed by atoms with van der Waals surface area (Å²) in [6, 6.07) is 11.3. The molecule has 0 radical (unpaired) electrons. The number of amides is 1. The van der Waals surface area contributed by atoms with E-state index in [-0.39, 0.29) is 5.91 Å². The maximum atomic E-state index is 12.5. The molecule has 0 aliphatic rings. The van der Waals surface area contributed by atoms with E-state index in [1.165, 1.54) is 0 Å². The molecule has 0 fully saturated rings. The molecule has 0 aliphatic carbocycles. The van der Waals surface area contributed by atoms with Crippen LogP contribution < -0.4 is 10.2 Å². The molecule has 2 aromatic heterocycles. The lowest BCUT2D eigenvalue weighted by molar-refractivity contribution is 0.0948. The fourth-order valence-electron chi connectivity index (χ4n) is 2.52. The number of nitrogens with one attached hydrogen (secondary N) is 1. The molecule has 122 valence electrons. The van der Waals surface area contributed by atoms with Gasteiger partial charge in [-0.1, -0.05) is 12.1 Å². The van der Waals surface area contributed by atoms with Crippen LogP contribution in [0.25, 0.3) is 5.65 Å². The molecule has 2 heterocycles. The van der Waals surface area contributed by atoms with E-state index in [1.54, 1.807) is 24.6 Å². The van der Waals surface area contributed by atoms with Crippen molar-refractivity contribution >= 4 is 17.8 Å². The highest BCUT2D eigenvalue weighted by Gasteiger charge is 2.16. The number of methoxy groups -OCH3 is 1. The van der Waals surface area contributed by atoms with E-state index < -0.39 is 0 Å². The maximum absolute atomic E-state index is 12.5. The number of benzene rings is 1. The minimum absolute atomic E-state index is 0.310. The summed E-state index contributed by atoms with van der Waals surface area (Å²) in [6.45, 7) is 3.79. The monoisotopic (exact) mass is 322 g/mol. The molecule has 0 aliphatic heterocycles. The van der Waals surface area contributed by atoms with Crippen molar-refractivity contribution in [2.45, 2.75) is 13.8 Å². The van der Waals surface area contributed by atoms with E-state index >= 15 is 0 Å². The number of hydrazone groups is 1. The van der Waals surface area contributed by atoms with E-state index in [1.807, 2.05) is 49.5 Å². The molecular weight excluding hydrogens is 304 g/mol. The number of aryl methyl sites for hydroxylation is 2. The van der Waals surface area contributed by atoms with Crippen LogP contribution in [0.4, 0.5) is 0 Å². The second-order valence-electron chi connectivity index (χ2n) is 5.42. The van der Waals surface area contributed by atoms with Gasteiger partial charge in [0.05, 0.1) is 19.0 Å². The third-order valence-corrected chi connectivity index (χ3v) is 3.68. The molecule has 0 saturated carbocycles. The number of aromatic nitrogens is 2. The second-order valence-corrected chi connectivity index (χ2v) is 5.42. The van der Waals surface area contributed by atoms with Gasteiger partial charge in [-0.2, -0.15) is 5.10 Å². The van der Waals surface area contributed by atoms with Crippen molar-refractivity contribution in [3.05, 3.63) is 65.1 Å². The minimum Gasteiger partial charge on any atom is -0.496 e. The Kier molecular flexibility index (Phi) is 4.29. The first-order chi connectivity index (χ1) is 11.6. The third kappa shape index (κ3) is 2.99. The van der Waals surface area contributed by atoms with Crippen LogP contribution in [0.3, 0.4) is 0 Å². The maximum Gasteiger partial charge on any atom is 0.290 e. The van der Waals surface area contributed by atoms with Crippen LogP contribution in [0.15, 0.2) is 47.7 Å². The van der Waals surface area contributed by atoms with Crippen molar-refractivity contribution < 1.29 is 9.53 Å². The molecule has 0 saturated heterocycles. The molecule has 3 rings (SSSR count). The Labute approximate surface area is 139 Å². The number of nitrogens with zero attached hydrogens (tertiary/aromatic N) is 3. The predicted octanol–water partition coefficient (Wildman–Crippen LogP) is 2.72. The summed E-state index contributed by atoms with van der Waals surface area (Å²) < 4.78 is 7.01. The summed E-state index contributed by atoms with van der Waals surface area (Å²) >= 11 is 0. The normalized spacial score (nSPS) is 11.1. The zero-order chi connectivity index (χ0) is 17.1. The average Bonchev–Trinajstić information content (AvgIpc) is 2.90. The fraction of sp³-hybridized carbons (Fsp3) is 0.167. The number of fused-ring (bicyclic) bond motifs is 1. The quantitative estimate of drug-likeness (QED) is 0.593. The summed E-state index contributed by atoms with van der Waals surface area (Å²) in [6.07, 6.45) is 3.39. The van der Waals surface area contributed by atoms with Crippen molar-refractivity contribution in [3.63, 3.8) is 0 Å². The number of ether oxygens (including phenoxy) is 1. The average molecular weight is 322 g/mol. The number of pyridine rings is 1. The molecule has 0 atom stereocenters. The summed E-state index contributed by atoms with van der Waals surface area (Å²) in [4.78, 5) is 16.9. The first-order valence-electron chi connectivity index (χ1n) is 7.52. The topological polar surface area (TPSA) is 68.0 Å². The van der Waals surface area contributed by atoms with Gasteiger partial charge in [-0.25, -0.2) is 10.4 Å². The molecule has 1 N–H and O–H groups in total. The number of hydrogen-bond donors (Lipinski definition) is 1. The van der Waals surface area contributed by atoms with Gasteiger partial charge in [-0.15, -0.1) is 0 Å². The lowest BCUT2D eigenvalue weighted by Crippen LogP contribution is -2.20.